The van der Waals surface area contributed by atoms with Gasteiger partial charge in [-0.25, -0.2) is 9.59 Å². The summed E-state index contributed by atoms with van der Waals surface area (Å²) in [5.41, 5.74) is 0.561. The van der Waals surface area contributed by atoms with Crippen molar-refractivity contribution in [1.29, 1.82) is 0 Å². The van der Waals surface area contributed by atoms with Crippen LogP contribution in [0, 0.1) is 5.92 Å². The molecule has 1 saturated heterocycles. The molecule has 2 amide bonds. The molecule has 2 rings (SSSR count). The van der Waals surface area contributed by atoms with Gasteiger partial charge in [0.15, 0.2) is 6.04 Å². The third kappa shape index (κ3) is 3.95. The van der Waals surface area contributed by atoms with E-state index in [1.165, 1.54) is 0 Å². The van der Waals surface area contributed by atoms with E-state index in [0.717, 1.165) is 6.42 Å². The Bertz CT molecular complexity index is 492. The largest absolute Gasteiger partial charge is 0.479 e. The average molecular weight is 292 g/mol. The van der Waals surface area contributed by atoms with Gasteiger partial charge in [-0.1, -0.05) is 30.3 Å². The average Bonchev–Trinajstić information content (AvgIpc) is 2.94. The molecule has 1 fully saturated rings. The molecule has 2 atom stereocenters. The van der Waals surface area contributed by atoms with Gasteiger partial charge in [-0.3, -0.25) is 0 Å². The van der Waals surface area contributed by atoms with Gasteiger partial charge in [0, 0.05) is 26.1 Å². The number of amides is 2. The van der Waals surface area contributed by atoms with Gasteiger partial charge in [-0.05, 0) is 12.0 Å². The highest BCUT2D eigenvalue weighted by Gasteiger charge is 2.29. The monoisotopic (exact) mass is 292 g/mol. The number of hydrogen-bond donors (Lipinski definition) is 2. The zero-order valence-corrected chi connectivity index (χ0v) is 12.0. The number of carbonyl (C=O) groups is 2. The normalized spacial score (nSPS) is 19.3. The Morgan fingerprint density at radius 2 is 2.14 bits per heavy atom. The first kappa shape index (κ1) is 15.3. The molecule has 2 unspecified atom stereocenters. The van der Waals surface area contributed by atoms with Gasteiger partial charge in [-0.15, -0.1) is 0 Å². The van der Waals surface area contributed by atoms with Gasteiger partial charge in [-0.2, -0.15) is 0 Å². The lowest BCUT2D eigenvalue weighted by Crippen LogP contribution is -2.42. The van der Waals surface area contributed by atoms with Gasteiger partial charge < -0.3 is 20.1 Å². The van der Waals surface area contributed by atoms with Crippen LogP contribution in [0.3, 0.4) is 0 Å². The number of aliphatic carboxylic acids is 1. The van der Waals surface area contributed by atoms with Crippen molar-refractivity contribution in [2.75, 3.05) is 26.8 Å². The maximum atomic E-state index is 12.2. The number of nitrogens with one attached hydrogen (secondary N) is 1. The van der Waals surface area contributed by atoms with Crippen LogP contribution in [-0.4, -0.2) is 48.8 Å². The summed E-state index contributed by atoms with van der Waals surface area (Å²) in [5.74, 6) is -0.747. The first-order valence-corrected chi connectivity index (χ1v) is 6.94. The second-order valence-corrected chi connectivity index (χ2v) is 5.19. The van der Waals surface area contributed by atoms with Crippen molar-refractivity contribution < 1.29 is 19.4 Å². The third-order valence-electron chi connectivity index (χ3n) is 3.62. The lowest BCUT2D eigenvalue weighted by atomic mass is 10.1. The Morgan fingerprint density at radius 3 is 2.76 bits per heavy atom. The number of rotatable bonds is 5. The van der Waals surface area contributed by atoms with Gasteiger partial charge in [0.2, 0.25) is 0 Å². The predicted octanol–water partition coefficient (Wildman–Crippen LogP) is 1.49. The molecule has 6 nitrogen and oxygen atoms in total. The fraction of sp³-hybridized carbons (Fsp3) is 0.467. The van der Waals surface area contributed by atoms with Gasteiger partial charge in [0.1, 0.15) is 0 Å². The summed E-state index contributed by atoms with van der Waals surface area (Å²) in [6.07, 6.45) is 0.879. The Kier molecular flexibility index (Phi) is 5.16. The molecule has 114 valence electrons. The molecule has 0 radical (unpaired) electrons. The van der Waals surface area contributed by atoms with E-state index in [9.17, 15) is 14.7 Å². The smallest absolute Gasteiger partial charge is 0.330 e. The predicted molar refractivity (Wildman–Crippen MR) is 76.9 cm³/mol. The van der Waals surface area contributed by atoms with Crippen molar-refractivity contribution in [3.63, 3.8) is 0 Å². The number of carbonyl (C=O) groups excluding carboxylic acids is 1. The number of carboxylic acids is 1. The Labute approximate surface area is 123 Å². The fourth-order valence-electron chi connectivity index (χ4n) is 2.54. The highest BCUT2D eigenvalue weighted by Crippen LogP contribution is 2.18. The minimum Gasteiger partial charge on any atom is -0.479 e. The van der Waals surface area contributed by atoms with Crippen LogP contribution in [0.2, 0.25) is 0 Å². The first-order valence-electron chi connectivity index (χ1n) is 6.94. The van der Waals surface area contributed by atoms with Crippen LogP contribution in [0.1, 0.15) is 18.0 Å². The van der Waals surface area contributed by atoms with Crippen LogP contribution >= 0.6 is 0 Å². The maximum absolute atomic E-state index is 12.2. The number of likely N-dealkylation sites (tertiary alicyclic amines) is 1. The molecule has 1 aliphatic rings. The molecule has 1 aliphatic heterocycles. The molecule has 6 heteroatoms. The highest BCUT2D eigenvalue weighted by molar-refractivity contribution is 5.83. The molecule has 0 bridgehead atoms. The summed E-state index contributed by atoms with van der Waals surface area (Å²) < 4.78 is 5.09. The molecule has 2 N–H and O–H groups in total. The summed E-state index contributed by atoms with van der Waals surface area (Å²) in [7, 11) is 1.64. The number of nitrogens with zero attached hydrogens (tertiary/aromatic N) is 1. The molecule has 1 heterocycles. The van der Waals surface area contributed by atoms with Crippen LogP contribution in [0.4, 0.5) is 4.79 Å². The number of carboxylic acid groups (broad SMARTS) is 1. The van der Waals surface area contributed by atoms with Gasteiger partial charge in [0.05, 0.1) is 6.61 Å². The Hall–Kier alpha value is -2.08. The number of methoxy groups -OCH3 is 1. The number of benzene rings is 1. The van der Waals surface area contributed by atoms with Crippen molar-refractivity contribution in [2.45, 2.75) is 12.5 Å². The molecule has 0 aromatic heterocycles. The van der Waals surface area contributed by atoms with E-state index in [1.54, 1.807) is 42.3 Å². The second kappa shape index (κ2) is 7.08. The summed E-state index contributed by atoms with van der Waals surface area (Å²) in [6, 6.07) is 7.32. The lowest BCUT2D eigenvalue weighted by Gasteiger charge is -2.21. The lowest BCUT2D eigenvalue weighted by molar-refractivity contribution is -0.139. The van der Waals surface area contributed by atoms with E-state index < -0.39 is 12.0 Å². The number of ether oxygens (including phenoxy) is 1. The third-order valence-corrected chi connectivity index (χ3v) is 3.62. The molecule has 0 saturated carbocycles. The zero-order chi connectivity index (χ0) is 15.2. The number of hydrogen-bond acceptors (Lipinski definition) is 3. The molecular formula is C15H20N2O4. The van der Waals surface area contributed by atoms with Crippen LogP contribution in [-0.2, 0) is 9.53 Å². The summed E-state index contributed by atoms with van der Waals surface area (Å²) in [4.78, 5) is 25.2. The van der Waals surface area contributed by atoms with E-state index in [2.05, 4.69) is 5.32 Å². The molecule has 0 spiro atoms. The van der Waals surface area contributed by atoms with Crippen molar-refractivity contribution in [3.8, 4) is 0 Å². The Morgan fingerprint density at radius 1 is 1.43 bits per heavy atom. The summed E-state index contributed by atoms with van der Waals surface area (Å²) >= 11 is 0. The summed E-state index contributed by atoms with van der Waals surface area (Å²) in [6.45, 7) is 1.84. The first-order chi connectivity index (χ1) is 10.1. The zero-order valence-electron chi connectivity index (χ0n) is 12.0. The quantitative estimate of drug-likeness (QED) is 0.862. The SMILES string of the molecule is COCC1CCN(C(=O)NC(C(=O)O)c2ccccc2)C1. The van der Waals surface area contributed by atoms with E-state index >= 15 is 0 Å². The van der Waals surface area contributed by atoms with E-state index in [-0.39, 0.29) is 6.03 Å². The second-order valence-electron chi connectivity index (χ2n) is 5.19. The minimum atomic E-state index is -1.07. The van der Waals surface area contributed by atoms with Crippen molar-refractivity contribution in [2.24, 2.45) is 5.92 Å². The van der Waals surface area contributed by atoms with Crippen LogP contribution < -0.4 is 5.32 Å². The van der Waals surface area contributed by atoms with E-state index in [4.69, 9.17) is 4.74 Å². The van der Waals surface area contributed by atoms with Crippen LogP contribution in [0.15, 0.2) is 30.3 Å². The molecule has 1 aromatic carbocycles. The van der Waals surface area contributed by atoms with Crippen LogP contribution in [0.25, 0.3) is 0 Å². The standard InChI is InChI=1S/C15H20N2O4/c1-21-10-11-7-8-17(9-11)15(20)16-13(14(18)19)12-5-3-2-4-6-12/h2-6,11,13H,7-10H2,1H3,(H,16,20)(H,18,19). The van der Waals surface area contributed by atoms with Gasteiger partial charge in [0.25, 0.3) is 0 Å². The maximum Gasteiger partial charge on any atom is 0.330 e. The molecular weight excluding hydrogens is 272 g/mol. The number of urea groups is 1. The summed E-state index contributed by atoms with van der Waals surface area (Å²) in [5, 5.41) is 11.9. The minimum absolute atomic E-state index is 0.320. The van der Waals surface area contributed by atoms with Crippen LogP contribution in [0.5, 0.6) is 0 Å². The van der Waals surface area contributed by atoms with Crippen molar-refractivity contribution >= 4 is 12.0 Å². The molecule has 1 aromatic rings. The molecule has 0 aliphatic carbocycles. The highest BCUT2D eigenvalue weighted by atomic mass is 16.5. The van der Waals surface area contributed by atoms with E-state index in [0.29, 0.717) is 31.2 Å². The Balaban J connectivity index is 1.98. The fourth-order valence-corrected chi connectivity index (χ4v) is 2.54. The molecule has 21 heavy (non-hydrogen) atoms. The van der Waals surface area contributed by atoms with Gasteiger partial charge >= 0.3 is 12.0 Å². The van der Waals surface area contributed by atoms with Crippen molar-refractivity contribution in [1.82, 2.24) is 10.2 Å². The van der Waals surface area contributed by atoms with E-state index in [1.807, 2.05) is 0 Å². The van der Waals surface area contributed by atoms with Crippen molar-refractivity contribution in [3.05, 3.63) is 35.9 Å². The topological polar surface area (TPSA) is 78.9 Å².